The topological polar surface area (TPSA) is 79.7 Å². The molecule has 1 aromatic rings. The molecular formula is C13H17ClN4O3S. The van der Waals surface area contributed by atoms with E-state index in [9.17, 15) is 10.1 Å². The van der Waals surface area contributed by atoms with Gasteiger partial charge in [0.25, 0.3) is 5.69 Å². The zero-order chi connectivity index (χ0) is 15.9. The number of hydrogen-bond acceptors (Lipinski definition) is 5. The fourth-order valence-electron chi connectivity index (χ4n) is 2.09. The van der Waals surface area contributed by atoms with E-state index in [1.54, 1.807) is 0 Å². The number of rotatable bonds is 5. The molecule has 1 heterocycles. The smallest absolute Gasteiger partial charge is 0.292 e. The van der Waals surface area contributed by atoms with E-state index >= 15 is 0 Å². The monoisotopic (exact) mass is 344 g/mol. The minimum absolute atomic E-state index is 0.0678. The highest BCUT2D eigenvalue weighted by Gasteiger charge is 2.15. The molecule has 2 N–H and O–H groups in total. The maximum Gasteiger partial charge on any atom is 0.292 e. The van der Waals surface area contributed by atoms with Crippen LogP contribution in [-0.2, 0) is 4.74 Å². The molecule has 0 saturated carbocycles. The van der Waals surface area contributed by atoms with E-state index in [-0.39, 0.29) is 11.4 Å². The van der Waals surface area contributed by atoms with Gasteiger partial charge in [0.15, 0.2) is 5.11 Å². The molecule has 0 atom stereocenters. The third-order valence-electron chi connectivity index (χ3n) is 3.22. The van der Waals surface area contributed by atoms with Crippen molar-refractivity contribution in [3.8, 4) is 0 Å². The molecule has 0 unspecified atom stereocenters. The first kappa shape index (κ1) is 16.9. The minimum atomic E-state index is -0.477. The van der Waals surface area contributed by atoms with Crippen LogP contribution in [0.25, 0.3) is 0 Å². The van der Waals surface area contributed by atoms with E-state index in [0.29, 0.717) is 16.7 Å². The summed E-state index contributed by atoms with van der Waals surface area (Å²) < 4.78 is 5.28. The van der Waals surface area contributed by atoms with Crippen LogP contribution in [0.5, 0.6) is 0 Å². The molecular weight excluding hydrogens is 328 g/mol. The fraction of sp³-hybridized carbons (Fsp3) is 0.462. The number of nitrogens with zero attached hydrogens (tertiary/aromatic N) is 2. The molecule has 1 aromatic carbocycles. The van der Waals surface area contributed by atoms with Gasteiger partial charge in [0.05, 0.1) is 18.1 Å². The maximum absolute atomic E-state index is 11.0. The fourth-order valence-corrected chi connectivity index (χ4v) is 2.47. The molecule has 0 amide bonds. The summed E-state index contributed by atoms with van der Waals surface area (Å²) >= 11 is 11.0. The summed E-state index contributed by atoms with van der Waals surface area (Å²) in [5.74, 6) is 0. The van der Waals surface area contributed by atoms with Crippen LogP contribution in [0.1, 0.15) is 0 Å². The third kappa shape index (κ3) is 5.06. The molecule has 0 radical (unpaired) electrons. The average molecular weight is 345 g/mol. The number of nitro groups is 1. The Morgan fingerprint density at radius 2 is 2.18 bits per heavy atom. The maximum atomic E-state index is 11.0. The second-order valence-electron chi connectivity index (χ2n) is 4.75. The lowest BCUT2D eigenvalue weighted by Crippen LogP contribution is -2.42. The Hall–Kier alpha value is -1.48. The molecule has 9 heteroatoms. The molecule has 1 fully saturated rings. The Labute approximate surface area is 138 Å². The number of anilines is 1. The average Bonchev–Trinajstić information content (AvgIpc) is 2.48. The van der Waals surface area contributed by atoms with Crippen LogP contribution in [0.4, 0.5) is 11.4 Å². The van der Waals surface area contributed by atoms with Crippen LogP contribution < -0.4 is 10.6 Å². The van der Waals surface area contributed by atoms with Crippen LogP contribution in [0, 0.1) is 10.1 Å². The summed E-state index contributed by atoms with van der Waals surface area (Å²) in [5.41, 5.74) is 0.211. The van der Waals surface area contributed by atoms with Gasteiger partial charge in [-0.15, -0.1) is 0 Å². The number of nitro benzene ring substituents is 1. The molecule has 120 valence electrons. The predicted molar refractivity (Wildman–Crippen MR) is 89.6 cm³/mol. The van der Waals surface area contributed by atoms with E-state index in [1.165, 1.54) is 18.2 Å². The molecule has 7 nitrogen and oxygen atoms in total. The Balaban J connectivity index is 1.83. The first-order valence-electron chi connectivity index (χ1n) is 6.85. The number of thiocarbonyl (C=S) groups is 1. The Morgan fingerprint density at radius 1 is 1.45 bits per heavy atom. The lowest BCUT2D eigenvalue weighted by molar-refractivity contribution is -0.383. The van der Waals surface area contributed by atoms with Gasteiger partial charge in [0.1, 0.15) is 5.69 Å². The van der Waals surface area contributed by atoms with Crippen molar-refractivity contribution in [1.82, 2.24) is 10.2 Å². The Morgan fingerprint density at radius 3 is 2.86 bits per heavy atom. The molecule has 1 aliphatic rings. The van der Waals surface area contributed by atoms with Gasteiger partial charge in [-0.05, 0) is 24.4 Å². The first-order chi connectivity index (χ1) is 10.6. The van der Waals surface area contributed by atoms with Crippen LogP contribution in [-0.4, -0.2) is 54.3 Å². The van der Waals surface area contributed by atoms with E-state index in [1.807, 2.05) is 0 Å². The van der Waals surface area contributed by atoms with Gasteiger partial charge in [0, 0.05) is 37.3 Å². The van der Waals surface area contributed by atoms with Gasteiger partial charge in [-0.25, -0.2) is 0 Å². The summed E-state index contributed by atoms with van der Waals surface area (Å²) in [5, 5.41) is 17.6. The number of ether oxygens (including phenoxy) is 1. The first-order valence-corrected chi connectivity index (χ1v) is 7.64. The molecule has 0 spiro atoms. The van der Waals surface area contributed by atoms with Gasteiger partial charge < -0.3 is 15.4 Å². The van der Waals surface area contributed by atoms with Crippen LogP contribution >= 0.6 is 23.8 Å². The van der Waals surface area contributed by atoms with Gasteiger partial charge >= 0.3 is 0 Å². The van der Waals surface area contributed by atoms with Crippen molar-refractivity contribution < 1.29 is 9.66 Å². The van der Waals surface area contributed by atoms with Crippen molar-refractivity contribution in [2.75, 3.05) is 44.7 Å². The van der Waals surface area contributed by atoms with Crippen molar-refractivity contribution in [2.24, 2.45) is 0 Å². The molecule has 0 aliphatic carbocycles. The lowest BCUT2D eigenvalue weighted by Gasteiger charge is -2.26. The third-order valence-corrected chi connectivity index (χ3v) is 3.70. The standard InChI is InChI=1S/C13H17ClN4O3S/c14-10-1-2-12(18(19)20)11(9-10)16-13(22)15-3-4-17-5-7-21-8-6-17/h1-2,9H,3-8H2,(H2,15,16,22). The number of nitrogens with one attached hydrogen (secondary N) is 2. The zero-order valence-electron chi connectivity index (χ0n) is 11.9. The second-order valence-corrected chi connectivity index (χ2v) is 5.60. The second kappa shape index (κ2) is 8.23. The van der Waals surface area contributed by atoms with Crippen molar-refractivity contribution in [1.29, 1.82) is 0 Å². The largest absolute Gasteiger partial charge is 0.379 e. The van der Waals surface area contributed by atoms with Crippen molar-refractivity contribution >= 4 is 40.3 Å². The van der Waals surface area contributed by atoms with Gasteiger partial charge in [-0.3, -0.25) is 15.0 Å². The summed E-state index contributed by atoms with van der Waals surface area (Å²) in [6.07, 6.45) is 0. The van der Waals surface area contributed by atoms with E-state index in [0.717, 1.165) is 32.8 Å². The van der Waals surface area contributed by atoms with Gasteiger partial charge in [-0.2, -0.15) is 0 Å². The van der Waals surface area contributed by atoms with Crippen molar-refractivity contribution in [2.45, 2.75) is 0 Å². The van der Waals surface area contributed by atoms with Crippen LogP contribution in [0.15, 0.2) is 18.2 Å². The van der Waals surface area contributed by atoms with Crippen LogP contribution in [0.3, 0.4) is 0 Å². The Kier molecular flexibility index (Phi) is 6.32. The number of halogens is 1. The van der Waals surface area contributed by atoms with Crippen molar-refractivity contribution in [3.63, 3.8) is 0 Å². The molecule has 2 rings (SSSR count). The SMILES string of the molecule is O=[N+]([O-])c1ccc(Cl)cc1NC(=S)NCCN1CCOCC1. The quantitative estimate of drug-likeness (QED) is 0.479. The van der Waals surface area contributed by atoms with E-state index in [2.05, 4.69) is 15.5 Å². The normalized spacial score (nSPS) is 15.3. The highest BCUT2D eigenvalue weighted by atomic mass is 35.5. The van der Waals surface area contributed by atoms with Crippen molar-refractivity contribution in [3.05, 3.63) is 33.3 Å². The van der Waals surface area contributed by atoms with E-state index in [4.69, 9.17) is 28.6 Å². The number of benzene rings is 1. The molecule has 0 aromatic heterocycles. The highest BCUT2D eigenvalue weighted by Crippen LogP contribution is 2.27. The summed E-state index contributed by atoms with van der Waals surface area (Å²) in [6, 6.07) is 4.30. The summed E-state index contributed by atoms with van der Waals surface area (Å²) in [7, 11) is 0. The number of morpholine rings is 1. The molecule has 0 bridgehead atoms. The van der Waals surface area contributed by atoms with Gasteiger partial charge in [0.2, 0.25) is 0 Å². The Bertz CT molecular complexity index is 552. The molecule has 22 heavy (non-hydrogen) atoms. The predicted octanol–water partition coefficient (Wildman–Crippen LogP) is 1.87. The lowest BCUT2D eigenvalue weighted by atomic mass is 10.2. The minimum Gasteiger partial charge on any atom is -0.379 e. The molecule has 1 aliphatic heterocycles. The highest BCUT2D eigenvalue weighted by molar-refractivity contribution is 7.80. The summed E-state index contributed by atoms with van der Waals surface area (Å²) in [4.78, 5) is 12.8. The summed E-state index contributed by atoms with van der Waals surface area (Å²) in [6.45, 7) is 4.79. The van der Waals surface area contributed by atoms with Crippen LogP contribution in [0.2, 0.25) is 5.02 Å². The van der Waals surface area contributed by atoms with E-state index < -0.39 is 4.92 Å². The zero-order valence-corrected chi connectivity index (χ0v) is 13.5. The number of hydrogen-bond donors (Lipinski definition) is 2. The molecule has 1 saturated heterocycles. The van der Waals surface area contributed by atoms with Gasteiger partial charge in [-0.1, -0.05) is 11.6 Å².